The van der Waals surface area contributed by atoms with Crippen molar-refractivity contribution in [3.63, 3.8) is 0 Å². The molecule has 1 saturated heterocycles. The topological polar surface area (TPSA) is 53.5 Å². The van der Waals surface area contributed by atoms with Crippen LogP contribution in [0.2, 0.25) is 0 Å². The second kappa shape index (κ2) is 6.43. The summed E-state index contributed by atoms with van der Waals surface area (Å²) in [4.78, 5) is 0. The summed E-state index contributed by atoms with van der Waals surface area (Å²) in [6.45, 7) is 3.12. The maximum Gasteiger partial charge on any atom is 0.123 e. The number of hydrogen-bond donors (Lipinski definition) is 3. The molecule has 1 fully saturated rings. The van der Waals surface area contributed by atoms with Crippen LogP contribution in [-0.2, 0) is 6.54 Å². The average Bonchev–Trinajstić information content (AvgIpc) is 2.93. The van der Waals surface area contributed by atoms with Crippen LogP contribution >= 0.6 is 0 Å². The van der Waals surface area contributed by atoms with Gasteiger partial charge in [-0.15, -0.1) is 0 Å². The molecule has 2 aromatic carbocycles. The quantitative estimate of drug-likeness (QED) is 0.780. The molecule has 4 heteroatoms. The number of methoxy groups -OCH3 is 1. The summed E-state index contributed by atoms with van der Waals surface area (Å²) in [6.07, 6.45) is -0.244. The van der Waals surface area contributed by atoms with E-state index in [1.807, 2.05) is 12.1 Å². The van der Waals surface area contributed by atoms with Crippen molar-refractivity contribution in [2.24, 2.45) is 5.92 Å². The van der Waals surface area contributed by atoms with Crippen molar-refractivity contribution in [1.82, 2.24) is 10.6 Å². The summed E-state index contributed by atoms with van der Waals surface area (Å²) in [5.41, 5.74) is 1.18. The molecule has 0 amide bonds. The lowest BCUT2D eigenvalue weighted by atomic mass is 10.0. The van der Waals surface area contributed by atoms with Crippen molar-refractivity contribution < 1.29 is 9.84 Å². The molecule has 0 aliphatic carbocycles. The van der Waals surface area contributed by atoms with Crippen LogP contribution in [0.15, 0.2) is 36.4 Å². The maximum absolute atomic E-state index is 9.83. The first-order valence-electron chi connectivity index (χ1n) is 7.43. The lowest BCUT2D eigenvalue weighted by molar-refractivity contribution is 0.146. The van der Waals surface area contributed by atoms with Crippen LogP contribution in [0, 0.1) is 5.92 Å². The molecule has 21 heavy (non-hydrogen) atoms. The zero-order chi connectivity index (χ0) is 14.7. The van der Waals surface area contributed by atoms with E-state index in [2.05, 4.69) is 34.9 Å². The van der Waals surface area contributed by atoms with Crippen LogP contribution < -0.4 is 15.4 Å². The van der Waals surface area contributed by atoms with Gasteiger partial charge in [0, 0.05) is 37.7 Å². The fourth-order valence-electron chi connectivity index (χ4n) is 3.00. The third kappa shape index (κ3) is 3.02. The zero-order valence-corrected chi connectivity index (χ0v) is 12.3. The Morgan fingerprint density at radius 1 is 1.24 bits per heavy atom. The Bertz CT molecular complexity index is 615. The standard InChI is InChI=1S/C17H22N2O2/c1-21-17-7-6-12-4-2-3-5-14(12)15(17)10-18-8-13-9-19-11-16(13)20/h2-7,13,16,18-20H,8-11H2,1H3. The van der Waals surface area contributed by atoms with E-state index in [4.69, 9.17) is 4.74 Å². The molecule has 0 bridgehead atoms. The van der Waals surface area contributed by atoms with Crippen LogP contribution in [0.4, 0.5) is 0 Å². The molecule has 0 spiro atoms. The smallest absolute Gasteiger partial charge is 0.123 e. The SMILES string of the molecule is COc1ccc2ccccc2c1CNCC1CNCC1O. The molecule has 0 radical (unpaired) electrons. The van der Waals surface area contributed by atoms with Crippen molar-refractivity contribution >= 4 is 10.8 Å². The van der Waals surface area contributed by atoms with Gasteiger partial charge in [0.1, 0.15) is 5.75 Å². The van der Waals surface area contributed by atoms with Crippen LogP contribution in [0.5, 0.6) is 5.75 Å². The van der Waals surface area contributed by atoms with Gasteiger partial charge in [0.15, 0.2) is 0 Å². The summed E-state index contributed by atoms with van der Waals surface area (Å²) in [5.74, 6) is 1.19. The monoisotopic (exact) mass is 286 g/mol. The molecule has 2 aromatic rings. The Kier molecular flexibility index (Phi) is 4.39. The second-order valence-corrected chi connectivity index (χ2v) is 5.58. The number of ether oxygens (including phenoxy) is 1. The zero-order valence-electron chi connectivity index (χ0n) is 12.3. The van der Waals surface area contributed by atoms with Gasteiger partial charge in [-0.25, -0.2) is 0 Å². The summed E-state index contributed by atoms with van der Waals surface area (Å²) in [6, 6.07) is 12.4. The van der Waals surface area contributed by atoms with E-state index < -0.39 is 0 Å². The lowest BCUT2D eigenvalue weighted by Crippen LogP contribution is -2.30. The number of hydrogen-bond acceptors (Lipinski definition) is 4. The molecule has 3 rings (SSSR count). The van der Waals surface area contributed by atoms with Gasteiger partial charge in [-0.05, 0) is 16.8 Å². The van der Waals surface area contributed by atoms with Gasteiger partial charge in [-0.2, -0.15) is 0 Å². The summed E-state index contributed by atoms with van der Waals surface area (Å²) < 4.78 is 5.50. The van der Waals surface area contributed by atoms with E-state index in [-0.39, 0.29) is 12.0 Å². The van der Waals surface area contributed by atoms with Gasteiger partial charge >= 0.3 is 0 Å². The van der Waals surface area contributed by atoms with Gasteiger partial charge in [-0.1, -0.05) is 30.3 Å². The molecule has 112 valence electrons. The predicted octanol–water partition coefficient (Wildman–Crippen LogP) is 1.52. The molecule has 2 unspecified atom stereocenters. The van der Waals surface area contributed by atoms with Crippen LogP contribution in [0.3, 0.4) is 0 Å². The van der Waals surface area contributed by atoms with Gasteiger partial charge < -0.3 is 20.5 Å². The Labute approximate surface area is 125 Å². The molecule has 1 heterocycles. The summed E-state index contributed by atoms with van der Waals surface area (Å²) >= 11 is 0. The maximum atomic E-state index is 9.83. The van der Waals surface area contributed by atoms with Crippen LogP contribution in [0.25, 0.3) is 10.8 Å². The highest BCUT2D eigenvalue weighted by Crippen LogP contribution is 2.27. The van der Waals surface area contributed by atoms with E-state index >= 15 is 0 Å². The minimum Gasteiger partial charge on any atom is -0.496 e. The summed E-state index contributed by atoms with van der Waals surface area (Å²) in [7, 11) is 1.71. The molecule has 0 aromatic heterocycles. The molecule has 3 N–H and O–H groups in total. The Balaban J connectivity index is 1.75. The van der Waals surface area contributed by atoms with Gasteiger partial charge in [-0.3, -0.25) is 0 Å². The molecule has 1 aliphatic heterocycles. The van der Waals surface area contributed by atoms with E-state index in [1.165, 1.54) is 16.3 Å². The molecular weight excluding hydrogens is 264 g/mol. The Hall–Kier alpha value is -1.62. The fourth-order valence-corrected chi connectivity index (χ4v) is 3.00. The highest BCUT2D eigenvalue weighted by Gasteiger charge is 2.24. The Morgan fingerprint density at radius 3 is 2.86 bits per heavy atom. The molecule has 0 saturated carbocycles. The molecule has 2 atom stereocenters. The first kappa shape index (κ1) is 14.3. The summed E-state index contributed by atoms with van der Waals surface area (Å²) in [5, 5.41) is 18.9. The number of aliphatic hydroxyl groups is 1. The third-order valence-electron chi connectivity index (χ3n) is 4.23. The van der Waals surface area contributed by atoms with Crippen LogP contribution in [-0.4, -0.2) is 38.0 Å². The van der Waals surface area contributed by atoms with Gasteiger partial charge in [0.2, 0.25) is 0 Å². The highest BCUT2D eigenvalue weighted by atomic mass is 16.5. The van der Waals surface area contributed by atoms with E-state index in [0.29, 0.717) is 6.54 Å². The normalized spacial score (nSPS) is 21.8. The fraction of sp³-hybridized carbons (Fsp3) is 0.412. The van der Waals surface area contributed by atoms with Crippen molar-refractivity contribution in [3.8, 4) is 5.75 Å². The number of aliphatic hydroxyl groups excluding tert-OH is 1. The molecular formula is C17H22N2O2. The third-order valence-corrected chi connectivity index (χ3v) is 4.23. The Morgan fingerprint density at radius 2 is 2.10 bits per heavy atom. The number of benzene rings is 2. The van der Waals surface area contributed by atoms with E-state index in [0.717, 1.165) is 25.4 Å². The number of nitrogens with one attached hydrogen (secondary N) is 2. The van der Waals surface area contributed by atoms with Crippen molar-refractivity contribution in [2.75, 3.05) is 26.7 Å². The van der Waals surface area contributed by atoms with Gasteiger partial charge in [0.05, 0.1) is 13.2 Å². The highest BCUT2D eigenvalue weighted by molar-refractivity contribution is 5.87. The van der Waals surface area contributed by atoms with Crippen LogP contribution in [0.1, 0.15) is 5.56 Å². The van der Waals surface area contributed by atoms with Crippen molar-refractivity contribution in [2.45, 2.75) is 12.6 Å². The van der Waals surface area contributed by atoms with E-state index in [1.54, 1.807) is 7.11 Å². The van der Waals surface area contributed by atoms with E-state index in [9.17, 15) is 5.11 Å². The van der Waals surface area contributed by atoms with Gasteiger partial charge in [0.25, 0.3) is 0 Å². The molecule has 1 aliphatic rings. The first-order valence-corrected chi connectivity index (χ1v) is 7.43. The minimum absolute atomic E-state index is 0.244. The largest absolute Gasteiger partial charge is 0.496 e. The second-order valence-electron chi connectivity index (χ2n) is 5.58. The van der Waals surface area contributed by atoms with Crippen molar-refractivity contribution in [3.05, 3.63) is 42.0 Å². The average molecular weight is 286 g/mol. The number of β-amino-alcohol motifs (C(OH)–C–C–N with tert-alkyl or cyclic N) is 1. The number of rotatable bonds is 5. The number of fused-ring (bicyclic) bond motifs is 1. The minimum atomic E-state index is -0.244. The lowest BCUT2D eigenvalue weighted by Gasteiger charge is -2.16. The first-order chi connectivity index (χ1) is 10.3. The molecule has 4 nitrogen and oxygen atoms in total. The van der Waals surface area contributed by atoms with Crippen molar-refractivity contribution in [1.29, 1.82) is 0 Å². The predicted molar refractivity (Wildman–Crippen MR) is 84.6 cm³/mol.